The summed E-state index contributed by atoms with van der Waals surface area (Å²) in [6, 6.07) is 5.28. The van der Waals surface area contributed by atoms with E-state index >= 15 is 0 Å². The molecule has 1 saturated heterocycles. The Morgan fingerprint density at radius 2 is 2.00 bits per heavy atom. The van der Waals surface area contributed by atoms with Crippen LogP contribution in [0.2, 0.25) is 0 Å². The van der Waals surface area contributed by atoms with Crippen molar-refractivity contribution in [2.75, 3.05) is 13.1 Å². The van der Waals surface area contributed by atoms with Crippen LogP contribution in [0.4, 0.5) is 5.69 Å². The fourth-order valence-electron chi connectivity index (χ4n) is 2.43. The largest absolute Gasteiger partial charge is 0.463 e. The first kappa shape index (κ1) is 20.9. The number of nitrogens with zero attached hydrogens (tertiary/aromatic N) is 1. The molecule has 0 aromatic heterocycles. The number of nitro benzene ring substituents is 1. The third-order valence-electron chi connectivity index (χ3n) is 3.72. The van der Waals surface area contributed by atoms with E-state index in [0.29, 0.717) is 18.7 Å². The second-order valence-electron chi connectivity index (χ2n) is 5.98. The third-order valence-corrected chi connectivity index (χ3v) is 3.72. The minimum absolute atomic E-state index is 0. The standard InChI is InChI=1S/C16H21N3O5.ClH/c1-10(2)24-15(20)7-13(18-16(21)11-8-17-9-11)12-5-3-4-6-14(12)19(22)23;/h3-6,10-11,13,17H,7-9H2,1-2H3,(H,18,21);1H. The molecule has 2 N–H and O–H groups in total. The van der Waals surface area contributed by atoms with Gasteiger partial charge >= 0.3 is 5.97 Å². The maximum atomic E-state index is 12.2. The molecule has 0 aliphatic carbocycles. The Labute approximate surface area is 151 Å². The predicted octanol–water partition coefficient (Wildman–Crippen LogP) is 1.73. The van der Waals surface area contributed by atoms with Crippen LogP contribution in [-0.4, -0.2) is 36.0 Å². The Balaban J connectivity index is 0.00000312. The number of nitro groups is 1. The summed E-state index contributed by atoms with van der Waals surface area (Å²) in [5.74, 6) is -0.925. The molecule has 0 bridgehead atoms. The van der Waals surface area contributed by atoms with Crippen molar-refractivity contribution in [2.45, 2.75) is 32.4 Å². The molecule has 1 aromatic rings. The zero-order chi connectivity index (χ0) is 17.7. The summed E-state index contributed by atoms with van der Waals surface area (Å²) in [5, 5.41) is 17.0. The number of carbonyl (C=O) groups is 2. The Hall–Kier alpha value is -2.19. The van der Waals surface area contributed by atoms with E-state index in [1.165, 1.54) is 6.07 Å². The number of hydrogen-bond acceptors (Lipinski definition) is 6. The van der Waals surface area contributed by atoms with E-state index in [2.05, 4.69) is 10.6 Å². The monoisotopic (exact) mass is 371 g/mol. The average Bonchev–Trinajstić information content (AvgIpc) is 2.43. The van der Waals surface area contributed by atoms with Gasteiger partial charge in [0.1, 0.15) is 0 Å². The minimum atomic E-state index is -0.800. The van der Waals surface area contributed by atoms with E-state index in [1.54, 1.807) is 32.0 Å². The molecule has 1 aliphatic rings. The summed E-state index contributed by atoms with van der Waals surface area (Å²) in [5.41, 5.74) is 0.163. The number of esters is 1. The maximum Gasteiger partial charge on any atom is 0.308 e. The van der Waals surface area contributed by atoms with E-state index in [-0.39, 0.29) is 42.4 Å². The smallest absolute Gasteiger partial charge is 0.308 e. The summed E-state index contributed by atoms with van der Waals surface area (Å²) >= 11 is 0. The predicted molar refractivity (Wildman–Crippen MR) is 93.4 cm³/mol. The van der Waals surface area contributed by atoms with Crippen LogP contribution in [-0.2, 0) is 14.3 Å². The minimum Gasteiger partial charge on any atom is -0.463 e. The van der Waals surface area contributed by atoms with Crippen LogP contribution >= 0.6 is 12.4 Å². The number of ether oxygens (including phenoxy) is 1. The van der Waals surface area contributed by atoms with Gasteiger partial charge in [-0.05, 0) is 13.8 Å². The van der Waals surface area contributed by atoms with E-state index in [1.807, 2.05) is 0 Å². The van der Waals surface area contributed by atoms with Crippen molar-refractivity contribution in [1.29, 1.82) is 0 Å². The number of para-hydroxylation sites is 1. The maximum absolute atomic E-state index is 12.2. The van der Waals surface area contributed by atoms with Crippen molar-refractivity contribution in [3.8, 4) is 0 Å². The Bertz CT molecular complexity index is 634. The fourth-order valence-corrected chi connectivity index (χ4v) is 2.43. The van der Waals surface area contributed by atoms with Gasteiger partial charge in [-0.1, -0.05) is 18.2 Å². The second-order valence-corrected chi connectivity index (χ2v) is 5.98. The summed E-state index contributed by atoms with van der Waals surface area (Å²) < 4.78 is 5.11. The van der Waals surface area contributed by atoms with Crippen molar-refractivity contribution in [3.05, 3.63) is 39.9 Å². The molecule has 1 atom stereocenters. The molecule has 0 radical (unpaired) electrons. The first-order valence-corrected chi connectivity index (χ1v) is 7.82. The van der Waals surface area contributed by atoms with Crippen molar-refractivity contribution >= 4 is 30.0 Å². The molecule has 8 nitrogen and oxygen atoms in total. The lowest BCUT2D eigenvalue weighted by Gasteiger charge is -2.28. The highest BCUT2D eigenvalue weighted by atomic mass is 35.5. The zero-order valence-corrected chi connectivity index (χ0v) is 14.9. The number of halogens is 1. The number of amides is 1. The van der Waals surface area contributed by atoms with Crippen LogP contribution in [0.15, 0.2) is 24.3 Å². The topological polar surface area (TPSA) is 111 Å². The zero-order valence-electron chi connectivity index (χ0n) is 14.1. The molecule has 138 valence electrons. The van der Waals surface area contributed by atoms with Gasteiger partial charge in [-0.2, -0.15) is 0 Å². The molecule has 0 saturated carbocycles. The molecular weight excluding hydrogens is 350 g/mol. The lowest BCUT2D eigenvalue weighted by molar-refractivity contribution is -0.385. The number of carbonyl (C=O) groups excluding carboxylic acids is 2. The lowest BCUT2D eigenvalue weighted by Crippen LogP contribution is -2.51. The Kier molecular flexibility index (Phi) is 7.79. The SMILES string of the molecule is CC(C)OC(=O)CC(NC(=O)C1CNC1)c1ccccc1[N+](=O)[O-].Cl. The lowest BCUT2D eigenvalue weighted by atomic mass is 9.98. The van der Waals surface area contributed by atoms with Gasteiger partial charge in [0.25, 0.3) is 5.69 Å². The molecular formula is C16H22ClN3O5. The number of benzene rings is 1. The van der Waals surface area contributed by atoms with Crippen LogP contribution in [0.5, 0.6) is 0 Å². The van der Waals surface area contributed by atoms with Crippen LogP contribution in [0.25, 0.3) is 0 Å². The highest BCUT2D eigenvalue weighted by Gasteiger charge is 2.31. The molecule has 1 heterocycles. The van der Waals surface area contributed by atoms with Crippen molar-refractivity contribution in [2.24, 2.45) is 5.92 Å². The fraction of sp³-hybridized carbons (Fsp3) is 0.500. The van der Waals surface area contributed by atoms with Gasteiger partial charge in [-0.25, -0.2) is 0 Å². The van der Waals surface area contributed by atoms with E-state index < -0.39 is 16.9 Å². The Morgan fingerprint density at radius 1 is 1.36 bits per heavy atom. The van der Waals surface area contributed by atoms with Crippen molar-refractivity contribution in [1.82, 2.24) is 10.6 Å². The highest BCUT2D eigenvalue weighted by Crippen LogP contribution is 2.28. The molecule has 9 heteroatoms. The highest BCUT2D eigenvalue weighted by molar-refractivity contribution is 5.85. The number of nitrogens with one attached hydrogen (secondary N) is 2. The molecule has 25 heavy (non-hydrogen) atoms. The molecule has 1 aliphatic heterocycles. The van der Waals surface area contributed by atoms with Gasteiger partial charge in [0.2, 0.25) is 5.91 Å². The average molecular weight is 372 g/mol. The van der Waals surface area contributed by atoms with E-state index in [4.69, 9.17) is 4.74 Å². The van der Waals surface area contributed by atoms with Crippen molar-refractivity contribution < 1.29 is 19.2 Å². The summed E-state index contributed by atoms with van der Waals surface area (Å²) in [7, 11) is 0. The van der Waals surface area contributed by atoms with Crippen LogP contribution in [0.3, 0.4) is 0 Å². The third kappa shape index (κ3) is 5.68. The number of hydrogen-bond donors (Lipinski definition) is 2. The first-order valence-electron chi connectivity index (χ1n) is 7.82. The van der Waals surface area contributed by atoms with E-state index in [0.717, 1.165) is 0 Å². The quantitative estimate of drug-likeness (QED) is 0.429. The van der Waals surface area contributed by atoms with Crippen LogP contribution < -0.4 is 10.6 Å². The van der Waals surface area contributed by atoms with Gasteiger partial charge in [0.05, 0.1) is 35.0 Å². The molecule has 1 amide bonds. The Morgan fingerprint density at radius 3 is 2.52 bits per heavy atom. The van der Waals surface area contributed by atoms with Crippen molar-refractivity contribution in [3.63, 3.8) is 0 Å². The van der Waals surface area contributed by atoms with E-state index in [9.17, 15) is 19.7 Å². The second kappa shape index (κ2) is 9.33. The first-order chi connectivity index (χ1) is 11.4. The van der Waals surface area contributed by atoms with Gasteiger partial charge < -0.3 is 15.4 Å². The summed E-state index contributed by atoms with van der Waals surface area (Å²) in [4.78, 5) is 34.9. The molecule has 2 rings (SSSR count). The molecule has 1 aromatic carbocycles. The normalized spacial score (nSPS) is 14.8. The summed E-state index contributed by atoms with van der Waals surface area (Å²) in [6.45, 7) is 4.56. The van der Waals surface area contributed by atoms with Gasteiger partial charge in [0, 0.05) is 19.2 Å². The van der Waals surface area contributed by atoms with Gasteiger partial charge in [0.15, 0.2) is 0 Å². The molecule has 1 fully saturated rings. The summed E-state index contributed by atoms with van der Waals surface area (Å²) in [6.07, 6.45) is -0.454. The number of rotatable bonds is 7. The van der Waals surface area contributed by atoms with Crippen LogP contribution in [0, 0.1) is 16.0 Å². The van der Waals surface area contributed by atoms with Gasteiger partial charge in [-0.15, -0.1) is 12.4 Å². The molecule has 0 spiro atoms. The van der Waals surface area contributed by atoms with Crippen LogP contribution in [0.1, 0.15) is 31.9 Å². The molecule has 1 unspecified atom stereocenters. The van der Waals surface area contributed by atoms with Gasteiger partial charge in [-0.3, -0.25) is 19.7 Å².